The van der Waals surface area contributed by atoms with Gasteiger partial charge in [0.15, 0.2) is 10.8 Å². The minimum absolute atomic E-state index is 0.102. The van der Waals surface area contributed by atoms with E-state index >= 15 is 0 Å². The number of carbonyl (C=O) groups excluding carboxylic acids is 1. The zero-order valence-electron chi connectivity index (χ0n) is 13.0. The van der Waals surface area contributed by atoms with Crippen molar-refractivity contribution in [1.82, 2.24) is 19.5 Å². The lowest BCUT2D eigenvalue weighted by molar-refractivity contribution is -0.128. The molecule has 3 aromatic rings. The molecule has 3 aromatic heterocycles. The molecule has 0 bridgehead atoms. The minimum Gasteiger partial charge on any atom is -0.342 e. The van der Waals surface area contributed by atoms with Crippen molar-refractivity contribution in [2.24, 2.45) is 0 Å². The van der Waals surface area contributed by atoms with E-state index in [-0.39, 0.29) is 11.9 Å². The molecule has 0 N–H and O–H groups in total. The quantitative estimate of drug-likeness (QED) is 0.644. The first-order valence-electron chi connectivity index (χ1n) is 7.34. The summed E-state index contributed by atoms with van der Waals surface area (Å²) < 4.78 is 1.90. The highest BCUT2D eigenvalue weighted by atomic mass is 32.2. The number of likely N-dealkylation sites (N-methyl/N-ethyl adjacent to an activating group) is 1. The van der Waals surface area contributed by atoms with E-state index in [1.54, 1.807) is 11.3 Å². The van der Waals surface area contributed by atoms with Crippen LogP contribution in [0.15, 0.2) is 46.4 Å². The largest absolute Gasteiger partial charge is 0.342 e. The molecule has 23 heavy (non-hydrogen) atoms. The molecular formula is C16H18N4OS2. The average molecular weight is 346 g/mol. The lowest BCUT2D eigenvalue weighted by Gasteiger charge is -2.24. The maximum absolute atomic E-state index is 12.4. The Hall–Kier alpha value is -1.86. The summed E-state index contributed by atoms with van der Waals surface area (Å²) in [6, 6.07) is 8.03. The maximum atomic E-state index is 12.4. The number of nitrogens with zero attached hydrogens (tertiary/aromatic N) is 4. The fourth-order valence-corrected chi connectivity index (χ4v) is 3.81. The van der Waals surface area contributed by atoms with Gasteiger partial charge in [0.1, 0.15) is 0 Å². The normalized spacial score (nSPS) is 12.4. The molecular weight excluding hydrogens is 328 g/mol. The Bertz CT molecular complexity index is 784. The van der Waals surface area contributed by atoms with Gasteiger partial charge in [-0.1, -0.05) is 17.8 Å². The molecule has 7 heteroatoms. The Morgan fingerprint density at radius 3 is 3.04 bits per heavy atom. The topological polar surface area (TPSA) is 50.5 Å². The van der Waals surface area contributed by atoms with Crippen molar-refractivity contribution in [2.75, 3.05) is 12.8 Å². The molecule has 0 aliphatic heterocycles. The molecule has 1 amide bonds. The monoisotopic (exact) mass is 346 g/mol. The predicted octanol–water partition coefficient (Wildman–Crippen LogP) is 2.97. The van der Waals surface area contributed by atoms with Crippen LogP contribution in [0.3, 0.4) is 0 Å². The van der Waals surface area contributed by atoms with E-state index in [1.807, 2.05) is 40.7 Å². The number of hydrogen-bond acceptors (Lipinski definition) is 5. The van der Waals surface area contributed by atoms with E-state index in [2.05, 4.69) is 33.9 Å². The fraction of sp³-hybridized carbons (Fsp3) is 0.312. The Balaban J connectivity index is 1.58. The number of pyridine rings is 1. The van der Waals surface area contributed by atoms with E-state index in [9.17, 15) is 4.79 Å². The van der Waals surface area contributed by atoms with Gasteiger partial charge in [-0.25, -0.2) is 0 Å². The van der Waals surface area contributed by atoms with E-state index in [0.717, 1.165) is 17.2 Å². The number of rotatable bonds is 6. The van der Waals surface area contributed by atoms with Crippen molar-refractivity contribution in [2.45, 2.75) is 24.5 Å². The van der Waals surface area contributed by atoms with Crippen molar-refractivity contribution in [3.05, 3.63) is 46.8 Å². The first-order valence-corrected chi connectivity index (χ1v) is 9.27. The summed E-state index contributed by atoms with van der Waals surface area (Å²) in [5.74, 6) is 0.464. The first-order chi connectivity index (χ1) is 11.1. The van der Waals surface area contributed by atoms with Gasteiger partial charge in [0.25, 0.3) is 0 Å². The number of fused-ring (bicyclic) bond motifs is 1. The molecule has 5 nitrogen and oxygen atoms in total. The second-order valence-corrected chi connectivity index (χ2v) is 7.11. The van der Waals surface area contributed by atoms with Crippen LogP contribution >= 0.6 is 23.1 Å². The van der Waals surface area contributed by atoms with Gasteiger partial charge in [0, 0.05) is 19.3 Å². The van der Waals surface area contributed by atoms with Crippen LogP contribution < -0.4 is 0 Å². The van der Waals surface area contributed by atoms with Gasteiger partial charge in [0.05, 0.1) is 5.75 Å². The molecule has 3 rings (SSSR count). The molecule has 0 aliphatic rings. The Morgan fingerprint density at radius 2 is 2.26 bits per heavy atom. The molecule has 0 aromatic carbocycles. The highest BCUT2D eigenvalue weighted by molar-refractivity contribution is 7.99. The molecule has 0 unspecified atom stereocenters. The Morgan fingerprint density at radius 1 is 1.39 bits per heavy atom. The molecule has 0 fully saturated rings. The summed E-state index contributed by atoms with van der Waals surface area (Å²) in [6.07, 6.45) is 2.79. The van der Waals surface area contributed by atoms with Gasteiger partial charge in [-0.2, -0.15) is 11.3 Å². The lowest BCUT2D eigenvalue weighted by Crippen LogP contribution is -2.37. The standard InChI is InChI=1S/C16H18N4OS2/c1-12(9-13-6-8-22-10-13)19(2)15(21)11-23-16-18-17-14-5-3-4-7-20(14)16/h3-8,10,12H,9,11H2,1-2H3/t12-/m1/s1. The van der Waals surface area contributed by atoms with Crippen LogP contribution in [-0.2, 0) is 11.2 Å². The molecule has 1 atom stereocenters. The molecule has 3 heterocycles. The average Bonchev–Trinajstić information content (AvgIpc) is 3.21. The summed E-state index contributed by atoms with van der Waals surface area (Å²) >= 11 is 3.10. The van der Waals surface area contributed by atoms with Crippen molar-refractivity contribution < 1.29 is 4.79 Å². The highest BCUT2D eigenvalue weighted by Gasteiger charge is 2.17. The lowest BCUT2D eigenvalue weighted by atomic mass is 10.1. The highest BCUT2D eigenvalue weighted by Crippen LogP contribution is 2.18. The van der Waals surface area contributed by atoms with E-state index in [0.29, 0.717) is 5.75 Å². The number of thioether (sulfide) groups is 1. The number of thiophene rings is 1. The predicted molar refractivity (Wildman–Crippen MR) is 94.0 cm³/mol. The minimum atomic E-state index is 0.102. The zero-order valence-corrected chi connectivity index (χ0v) is 14.7. The number of aromatic nitrogens is 3. The third-order valence-corrected chi connectivity index (χ3v) is 5.43. The summed E-state index contributed by atoms with van der Waals surface area (Å²) in [4.78, 5) is 14.2. The van der Waals surface area contributed by atoms with E-state index in [1.165, 1.54) is 17.3 Å². The van der Waals surface area contributed by atoms with Crippen LogP contribution in [0.25, 0.3) is 5.65 Å². The van der Waals surface area contributed by atoms with Crippen LogP contribution in [0.4, 0.5) is 0 Å². The van der Waals surface area contributed by atoms with Gasteiger partial charge in [-0.15, -0.1) is 10.2 Å². The third kappa shape index (κ3) is 3.73. The summed E-state index contributed by atoms with van der Waals surface area (Å²) in [5, 5.41) is 13.2. The van der Waals surface area contributed by atoms with Crippen LogP contribution in [0.5, 0.6) is 0 Å². The van der Waals surface area contributed by atoms with Gasteiger partial charge in [0.2, 0.25) is 5.91 Å². The molecule has 0 radical (unpaired) electrons. The summed E-state index contributed by atoms with van der Waals surface area (Å²) in [7, 11) is 1.86. The van der Waals surface area contributed by atoms with E-state index < -0.39 is 0 Å². The SMILES string of the molecule is C[C@H](Cc1ccsc1)N(C)C(=O)CSc1nnc2ccccn12. The van der Waals surface area contributed by atoms with Gasteiger partial charge in [-0.05, 0) is 47.9 Å². The maximum Gasteiger partial charge on any atom is 0.233 e. The molecule has 120 valence electrons. The van der Waals surface area contributed by atoms with E-state index in [4.69, 9.17) is 0 Å². The van der Waals surface area contributed by atoms with Crippen molar-refractivity contribution >= 4 is 34.7 Å². The van der Waals surface area contributed by atoms with Crippen LogP contribution in [-0.4, -0.2) is 44.2 Å². The van der Waals surface area contributed by atoms with Gasteiger partial charge < -0.3 is 4.90 Å². The molecule has 0 saturated heterocycles. The zero-order chi connectivity index (χ0) is 16.2. The molecule has 0 spiro atoms. The van der Waals surface area contributed by atoms with Crippen molar-refractivity contribution in [3.8, 4) is 0 Å². The third-order valence-electron chi connectivity index (χ3n) is 3.77. The first kappa shape index (κ1) is 16.0. The smallest absolute Gasteiger partial charge is 0.233 e. The fourth-order valence-electron chi connectivity index (χ4n) is 2.28. The second kappa shape index (κ2) is 7.14. The summed E-state index contributed by atoms with van der Waals surface area (Å²) in [6.45, 7) is 2.08. The van der Waals surface area contributed by atoms with Crippen LogP contribution in [0.2, 0.25) is 0 Å². The Kier molecular flexibility index (Phi) is 4.97. The van der Waals surface area contributed by atoms with Crippen molar-refractivity contribution in [1.29, 1.82) is 0 Å². The van der Waals surface area contributed by atoms with Crippen molar-refractivity contribution in [3.63, 3.8) is 0 Å². The number of hydrogen-bond donors (Lipinski definition) is 0. The second-order valence-electron chi connectivity index (χ2n) is 5.39. The summed E-state index contributed by atoms with van der Waals surface area (Å²) in [5.41, 5.74) is 2.07. The van der Waals surface area contributed by atoms with Crippen LogP contribution in [0.1, 0.15) is 12.5 Å². The van der Waals surface area contributed by atoms with Gasteiger partial charge >= 0.3 is 0 Å². The van der Waals surface area contributed by atoms with Crippen LogP contribution in [0, 0.1) is 0 Å². The number of amides is 1. The van der Waals surface area contributed by atoms with Gasteiger partial charge in [-0.3, -0.25) is 9.20 Å². The Labute approximate surface area is 143 Å². The number of carbonyl (C=O) groups is 1. The molecule has 0 aliphatic carbocycles. The molecule has 0 saturated carbocycles.